The van der Waals surface area contributed by atoms with Crippen molar-refractivity contribution in [3.63, 3.8) is 0 Å². The first-order chi connectivity index (χ1) is 11.0. The summed E-state index contributed by atoms with van der Waals surface area (Å²) in [4.78, 5) is 2.67. The highest BCUT2D eigenvalue weighted by atomic mass is 32.2. The zero-order chi connectivity index (χ0) is 16.7. The number of unbranched alkanes of at least 4 members (excludes halogenated alkanes) is 1. The molecular formula is C18H28N2O2S. The first-order valence-corrected chi connectivity index (χ1v) is 10.2. The fraction of sp³-hybridized carbons (Fsp3) is 0.611. The number of nitrogens with one attached hydrogen (secondary N) is 1. The highest BCUT2D eigenvalue weighted by molar-refractivity contribution is 7.89. The number of sulfonamides is 1. The van der Waals surface area contributed by atoms with E-state index in [1.807, 2.05) is 19.1 Å². The van der Waals surface area contributed by atoms with Gasteiger partial charge in [-0.05, 0) is 56.2 Å². The van der Waals surface area contributed by atoms with Crippen LogP contribution in [0.3, 0.4) is 0 Å². The maximum atomic E-state index is 12.3. The summed E-state index contributed by atoms with van der Waals surface area (Å²) in [5.41, 5.74) is 2.07. The van der Waals surface area contributed by atoms with Crippen LogP contribution in [0.25, 0.3) is 0 Å². The van der Waals surface area contributed by atoms with Crippen LogP contribution in [0.15, 0.2) is 34.3 Å². The van der Waals surface area contributed by atoms with Crippen LogP contribution in [0.1, 0.15) is 64.4 Å². The molecule has 1 aliphatic rings. The second-order valence-electron chi connectivity index (χ2n) is 6.43. The van der Waals surface area contributed by atoms with E-state index in [2.05, 4.69) is 16.9 Å². The topological polar surface area (TPSA) is 58.5 Å². The number of hydrogen-bond acceptors (Lipinski definition) is 3. The Bertz CT molecular complexity index is 615. The molecule has 0 saturated heterocycles. The lowest BCUT2D eigenvalue weighted by Gasteiger charge is -2.21. The predicted octanol–water partition coefficient (Wildman–Crippen LogP) is 4.26. The van der Waals surface area contributed by atoms with Gasteiger partial charge in [0.05, 0.1) is 4.90 Å². The Balaban J connectivity index is 2.00. The third-order valence-corrected chi connectivity index (χ3v) is 5.82. The van der Waals surface area contributed by atoms with E-state index >= 15 is 0 Å². The van der Waals surface area contributed by atoms with Crippen molar-refractivity contribution < 1.29 is 8.42 Å². The van der Waals surface area contributed by atoms with Gasteiger partial charge >= 0.3 is 0 Å². The zero-order valence-corrected chi connectivity index (χ0v) is 15.0. The van der Waals surface area contributed by atoms with Crippen molar-refractivity contribution in [3.8, 4) is 0 Å². The quantitative estimate of drug-likeness (QED) is 0.597. The normalized spacial score (nSPS) is 17.2. The molecule has 0 atom stereocenters. The summed E-state index contributed by atoms with van der Waals surface area (Å²) < 4.78 is 24.7. The summed E-state index contributed by atoms with van der Waals surface area (Å²) in [6, 6.07) is 7.11. The first-order valence-electron chi connectivity index (χ1n) is 8.68. The van der Waals surface area contributed by atoms with Crippen LogP contribution in [0.2, 0.25) is 0 Å². The molecule has 0 aliphatic heterocycles. The standard InChI is InChI=1S/C18H28N2O2S/c1-3-4-8-16-11-13-18(14-12-16)23(21,22)20-19-15(2)17-9-6-5-7-10-17/h11-14,17,20H,3-10H2,1-2H3. The van der Waals surface area contributed by atoms with E-state index in [-0.39, 0.29) is 4.90 Å². The second-order valence-corrected chi connectivity index (χ2v) is 8.09. The third-order valence-electron chi connectivity index (χ3n) is 4.59. The van der Waals surface area contributed by atoms with Gasteiger partial charge in [-0.2, -0.15) is 13.5 Å². The smallest absolute Gasteiger partial charge is 0.200 e. The summed E-state index contributed by atoms with van der Waals surface area (Å²) in [5, 5.41) is 4.15. The highest BCUT2D eigenvalue weighted by Gasteiger charge is 2.18. The van der Waals surface area contributed by atoms with E-state index < -0.39 is 10.0 Å². The molecule has 5 heteroatoms. The van der Waals surface area contributed by atoms with Crippen LogP contribution in [0, 0.1) is 5.92 Å². The van der Waals surface area contributed by atoms with E-state index in [1.54, 1.807) is 12.1 Å². The van der Waals surface area contributed by atoms with Crippen LogP contribution in [-0.2, 0) is 16.4 Å². The first kappa shape index (κ1) is 18.0. The molecule has 1 aromatic carbocycles. The van der Waals surface area contributed by atoms with Crippen molar-refractivity contribution >= 4 is 15.7 Å². The minimum atomic E-state index is -3.57. The fourth-order valence-electron chi connectivity index (χ4n) is 3.01. The molecule has 1 fully saturated rings. The lowest BCUT2D eigenvalue weighted by Crippen LogP contribution is -2.23. The third kappa shape index (κ3) is 5.34. The van der Waals surface area contributed by atoms with Crippen LogP contribution in [0.4, 0.5) is 0 Å². The van der Waals surface area contributed by atoms with Gasteiger partial charge in [0.25, 0.3) is 10.0 Å². The minimum absolute atomic E-state index is 0.276. The predicted molar refractivity (Wildman–Crippen MR) is 95.1 cm³/mol. The Morgan fingerprint density at radius 1 is 1.17 bits per heavy atom. The van der Waals surface area contributed by atoms with Gasteiger partial charge in [0.2, 0.25) is 0 Å². The van der Waals surface area contributed by atoms with Crippen molar-refractivity contribution in [2.45, 2.75) is 70.1 Å². The molecule has 1 aromatic rings. The molecule has 0 bridgehead atoms. The van der Waals surface area contributed by atoms with Crippen LogP contribution in [-0.4, -0.2) is 14.1 Å². The number of hydrogen-bond donors (Lipinski definition) is 1. The zero-order valence-electron chi connectivity index (χ0n) is 14.2. The molecule has 1 aliphatic carbocycles. The Kier molecular flexibility index (Phi) is 6.63. The SMILES string of the molecule is CCCCc1ccc(S(=O)(=O)NN=C(C)C2CCCCC2)cc1. The van der Waals surface area contributed by atoms with Crippen molar-refractivity contribution in [2.24, 2.45) is 11.0 Å². The molecule has 0 heterocycles. The maximum absolute atomic E-state index is 12.3. The number of hydrazone groups is 1. The molecule has 1 N–H and O–H groups in total. The molecule has 128 valence electrons. The lowest BCUT2D eigenvalue weighted by atomic mass is 9.86. The Hall–Kier alpha value is -1.36. The van der Waals surface area contributed by atoms with Crippen molar-refractivity contribution in [1.29, 1.82) is 0 Å². The monoisotopic (exact) mass is 336 g/mol. The molecule has 0 aromatic heterocycles. The van der Waals surface area contributed by atoms with Gasteiger partial charge in [0, 0.05) is 5.71 Å². The average Bonchev–Trinajstić information content (AvgIpc) is 2.59. The summed E-state index contributed by atoms with van der Waals surface area (Å²) >= 11 is 0. The lowest BCUT2D eigenvalue weighted by molar-refractivity contribution is 0.437. The van der Waals surface area contributed by atoms with Gasteiger partial charge in [-0.15, -0.1) is 0 Å². The van der Waals surface area contributed by atoms with Gasteiger partial charge in [0.15, 0.2) is 0 Å². The maximum Gasteiger partial charge on any atom is 0.276 e. The molecule has 2 rings (SSSR count). The Labute approximate surface area is 140 Å². The van der Waals surface area contributed by atoms with Crippen LogP contribution >= 0.6 is 0 Å². The Morgan fingerprint density at radius 3 is 2.43 bits per heavy atom. The molecule has 0 amide bonds. The summed E-state index contributed by atoms with van der Waals surface area (Å²) in [6.45, 7) is 4.07. The number of nitrogens with zero attached hydrogens (tertiary/aromatic N) is 1. The number of aryl methyl sites for hydroxylation is 1. The van der Waals surface area contributed by atoms with Gasteiger partial charge in [0.1, 0.15) is 0 Å². The summed E-state index contributed by atoms with van der Waals surface area (Å²) in [5.74, 6) is 0.419. The molecule has 0 unspecified atom stereocenters. The van der Waals surface area contributed by atoms with Crippen LogP contribution in [0.5, 0.6) is 0 Å². The van der Waals surface area contributed by atoms with E-state index in [0.29, 0.717) is 5.92 Å². The molecular weight excluding hydrogens is 308 g/mol. The number of benzene rings is 1. The van der Waals surface area contributed by atoms with Crippen LogP contribution < -0.4 is 4.83 Å². The second kappa shape index (κ2) is 8.48. The van der Waals surface area contributed by atoms with Crippen molar-refractivity contribution in [1.82, 2.24) is 4.83 Å². The molecule has 0 radical (unpaired) electrons. The van der Waals surface area contributed by atoms with Gasteiger partial charge < -0.3 is 0 Å². The van der Waals surface area contributed by atoms with E-state index in [9.17, 15) is 8.42 Å². The average molecular weight is 337 g/mol. The molecule has 4 nitrogen and oxygen atoms in total. The molecule has 0 spiro atoms. The van der Waals surface area contributed by atoms with E-state index in [1.165, 1.54) is 24.8 Å². The Morgan fingerprint density at radius 2 is 1.83 bits per heavy atom. The largest absolute Gasteiger partial charge is 0.276 e. The van der Waals surface area contributed by atoms with Crippen molar-refractivity contribution in [3.05, 3.63) is 29.8 Å². The van der Waals surface area contributed by atoms with E-state index in [0.717, 1.165) is 37.8 Å². The van der Waals surface area contributed by atoms with Gasteiger partial charge in [-0.25, -0.2) is 4.83 Å². The van der Waals surface area contributed by atoms with Gasteiger partial charge in [-0.3, -0.25) is 0 Å². The molecule has 1 saturated carbocycles. The number of rotatable bonds is 7. The minimum Gasteiger partial charge on any atom is -0.200 e. The van der Waals surface area contributed by atoms with E-state index in [4.69, 9.17) is 0 Å². The van der Waals surface area contributed by atoms with Gasteiger partial charge in [-0.1, -0.05) is 44.7 Å². The summed E-state index contributed by atoms with van der Waals surface area (Å²) in [6.07, 6.45) is 9.18. The summed E-state index contributed by atoms with van der Waals surface area (Å²) in [7, 11) is -3.57. The molecule has 23 heavy (non-hydrogen) atoms. The fourth-order valence-corrected chi connectivity index (χ4v) is 3.88. The van der Waals surface area contributed by atoms with Crippen molar-refractivity contribution in [2.75, 3.05) is 0 Å². The highest BCUT2D eigenvalue weighted by Crippen LogP contribution is 2.24.